The van der Waals surface area contributed by atoms with Gasteiger partial charge in [-0.1, -0.05) is 0 Å². The zero-order valence-corrected chi connectivity index (χ0v) is 12.2. The fourth-order valence-corrected chi connectivity index (χ4v) is 4.35. The van der Waals surface area contributed by atoms with Crippen molar-refractivity contribution >= 4 is 17.2 Å². The normalized spacial score (nSPS) is 20.4. The Morgan fingerprint density at radius 1 is 1.32 bits per heavy atom. The number of carbonyl (C=O) groups excluding carboxylic acids is 1. The first-order valence-electron chi connectivity index (χ1n) is 7.39. The molecule has 1 aliphatic heterocycles. The molecule has 2 heterocycles. The van der Waals surface area contributed by atoms with E-state index >= 15 is 0 Å². The van der Waals surface area contributed by atoms with Gasteiger partial charge in [-0.3, -0.25) is 4.79 Å². The summed E-state index contributed by atoms with van der Waals surface area (Å²) < 4.78 is 0. The first kappa shape index (κ1) is 13.1. The second-order valence-electron chi connectivity index (χ2n) is 5.74. The van der Waals surface area contributed by atoms with Gasteiger partial charge in [-0.05, 0) is 62.6 Å². The molecule has 1 aromatic rings. The predicted molar refractivity (Wildman–Crippen MR) is 78.6 cm³/mol. The molecular formula is C15H22N2OS. The quantitative estimate of drug-likeness (QED) is 0.903. The third kappa shape index (κ3) is 2.70. The number of carbonyl (C=O) groups is 1. The minimum atomic E-state index is 0.245. The van der Waals surface area contributed by atoms with Gasteiger partial charge in [0.25, 0.3) is 5.91 Å². The molecule has 2 N–H and O–H groups in total. The Balaban J connectivity index is 1.68. The maximum atomic E-state index is 12.5. The van der Waals surface area contributed by atoms with Crippen molar-refractivity contribution in [3.63, 3.8) is 0 Å². The standard InChI is InChI=1S/C15H22N2OS/c16-10-11-5-7-17(8-6-11)15(18)14-9-12-3-1-2-4-13(12)19-14/h9,11H,1-8,10,16H2. The van der Waals surface area contributed by atoms with E-state index in [4.69, 9.17) is 5.73 Å². The highest BCUT2D eigenvalue weighted by Gasteiger charge is 2.25. The fourth-order valence-electron chi connectivity index (χ4n) is 3.12. The number of nitrogens with zero attached hydrogens (tertiary/aromatic N) is 1. The Bertz CT molecular complexity index is 437. The Morgan fingerprint density at radius 3 is 2.74 bits per heavy atom. The number of likely N-dealkylation sites (tertiary alicyclic amines) is 1. The van der Waals surface area contributed by atoms with Crippen molar-refractivity contribution in [2.45, 2.75) is 38.5 Å². The minimum Gasteiger partial charge on any atom is -0.338 e. The highest BCUT2D eigenvalue weighted by atomic mass is 32.1. The van der Waals surface area contributed by atoms with Crippen LogP contribution in [0.4, 0.5) is 0 Å². The topological polar surface area (TPSA) is 46.3 Å². The van der Waals surface area contributed by atoms with E-state index in [2.05, 4.69) is 6.07 Å². The lowest BCUT2D eigenvalue weighted by Crippen LogP contribution is -2.39. The van der Waals surface area contributed by atoms with Crippen molar-refractivity contribution in [2.75, 3.05) is 19.6 Å². The van der Waals surface area contributed by atoms with Gasteiger partial charge in [0.15, 0.2) is 0 Å². The molecule has 0 saturated carbocycles. The van der Waals surface area contributed by atoms with Crippen LogP contribution >= 0.6 is 11.3 Å². The molecule has 19 heavy (non-hydrogen) atoms. The van der Waals surface area contributed by atoms with Gasteiger partial charge in [-0.15, -0.1) is 11.3 Å². The number of amides is 1. The molecule has 3 rings (SSSR count). The first-order valence-corrected chi connectivity index (χ1v) is 8.20. The van der Waals surface area contributed by atoms with Crippen molar-refractivity contribution in [3.05, 3.63) is 21.4 Å². The molecule has 4 heteroatoms. The number of hydrogen-bond donors (Lipinski definition) is 1. The Labute approximate surface area is 118 Å². The van der Waals surface area contributed by atoms with Gasteiger partial charge in [0.2, 0.25) is 0 Å². The summed E-state index contributed by atoms with van der Waals surface area (Å²) in [7, 11) is 0. The Kier molecular flexibility index (Phi) is 3.89. The zero-order valence-electron chi connectivity index (χ0n) is 11.4. The number of aryl methyl sites for hydroxylation is 2. The number of nitrogens with two attached hydrogens (primary N) is 1. The highest BCUT2D eigenvalue weighted by molar-refractivity contribution is 7.14. The largest absolute Gasteiger partial charge is 0.338 e. The van der Waals surface area contributed by atoms with Crippen molar-refractivity contribution < 1.29 is 4.79 Å². The molecule has 0 aromatic carbocycles. The van der Waals surface area contributed by atoms with Gasteiger partial charge < -0.3 is 10.6 Å². The van der Waals surface area contributed by atoms with Gasteiger partial charge >= 0.3 is 0 Å². The molecule has 0 unspecified atom stereocenters. The minimum absolute atomic E-state index is 0.245. The van der Waals surface area contributed by atoms with Crippen molar-refractivity contribution in [3.8, 4) is 0 Å². The summed E-state index contributed by atoms with van der Waals surface area (Å²) >= 11 is 1.73. The summed E-state index contributed by atoms with van der Waals surface area (Å²) in [5.74, 6) is 0.857. The lowest BCUT2D eigenvalue weighted by atomic mass is 9.97. The van der Waals surface area contributed by atoms with Crippen LogP contribution in [0.25, 0.3) is 0 Å². The molecule has 0 atom stereocenters. The van der Waals surface area contributed by atoms with Gasteiger partial charge in [-0.2, -0.15) is 0 Å². The lowest BCUT2D eigenvalue weighted by molar-refractivity contribution is 0.0698. The van der Waals surface area contributed by atoms with Crippen molar-refractivity contribution in [1.82, 2.24) is 4.90 Å². The average Bonchev–Trinajstić information content (AvgIpc) is 2.90. The third-order valence-corrected chi connectivity index (χ3v) is 5.67. The van der Waals surface area contributed by atoms with E-state index < -0.39 is 0 Å². The summed E-state index contributed by atoms with van der Waals surface area (Å²) in [5, 5.41) is 0. The molecule has 2 aliphatic rings. The summed E-state index contributed by atoms with van der Waals surface area (Å²) in [6.45, 7) is 2.52. The Morgan fingerprint density at radius 2 is 2.05 bits per heavy atom. The molecule has 1 aliphatic carbocycles. The molecule has 1 fully saturated rings. The monoisotopic (exact) mass is 278 g/mol. The Hall–Kier alpha value is -0.870. The first-order chi connectivity index (χ1) is 9.28. The number of fused-ring (bicyclic) bond motifs is 1. The van der Waals surface area contributed by atoms with Gasteiger partial charge in [0, 0.05) is 18.0 Å². The molecular weight excluding hydrogens is 256 g/mol. The molecule has 0 bridgehead atoms. The molecule has 1 aromatic heterocycles. The molecule has 104 valence electrons. The number of rotatable bonds is 2. The van der Waals surface area contributed by atoms with Crippen LogP contribution in [0.3, 0.4) is 0 Å². The van der Waals surface area contributed by atoms with E-state index in [1.165, 1.54) is 29.7 Å². The summed E-state index contributed by atoms with van der Waals surface area (Å²) in [5.41, 5.74) is 7.13. The van der Waals surface area contributed by atoms with Crippen LogP contribution in [0.15, 0.2) is 6.07 Å². The number of thiophene rings is 1. The molecule has 0 spiro atoms. The van der Waals surface area contributed by atoms with Gasteiger partial charge in [-0.25, -0.2) is 0 Å². The van der Waals surface area contributed by atoms with Crippen LogP contribution in [0.5, 0.6) is 0 Å². The zero-order chi connectivity index (χ0) is 13.2. The lowest BCUT2D eigenvalue weighted by Gasteiger charge is -2.31. The summed E-state index contributed by atoms with van der Waals surface area (Å²) in [6, 6.07) is 2.15. The average molecular weight is 278 g/mol. The highest BCUT2D eigenvalue weighted by Crippen LogP contribution is 2.31. The van der Waals surface area contributed by atoms with Crippen LogP contribution in [-0.4, -0.2) is 30.4 Å². The smallest absolute Gasteiger partial charge is 0.263 e. The van der Waals surface area contributed by atoms with E-state index in [1.807, 2.05) is 4.90 Å². The number of piperidine rings is 1. The van der Waals surface area contributed by atoms with Crippen LogP contribution in [-0.2, 0) is 12.8 Å². The molecule has 3 nitrogen and oxygen atoms in total. The van der Waals surface area contributed by atoms with E-state index in [0.29, 0.717) is 5.92 Å². The number of hydrogen-bond acceptors (Lipinski definition) is 3. The van der Waals surface area contributed by atoms with E-state index in [1.54, 1.807) is 11.3 Å². The van der Waals surface area contributed by atoms with Crippen LogP contribution < -0.4 is 5.73 Å². The predicted octanol–water partition coefficient (Wildman–Crippen LogP) is 2.44. The van der Waals surface area contributed by atoms with Gasteiger partial charge in [0.1, 0.15) is 0 Å². The van der Waals surface area contributed by atoms with E-state index in [9.17, 15) is 4.79 Å². The van der Waals surface area contributed by atoms with E-state index in [0.717, 1.165) is 43.8 Å². The molecule has 1 amide bonds. The van der Waals surface area contributed by atoms with Crippen molar-refractivity contribution in [1.29, 1.82) is 0 Å². The summed E-state index contributed by atoms with van der Waals surface area (Å²) in [6.07, 6.45) is 7.01. The summed E-state index contributed by atoms with van der Waals surface area (Å²) in [4.78, 5) is 16.9. The maximum Gasteiger partial charge on any atom is 0.263 e. The third-order valence-electron chi connectivity index (χ3n) is 4.44. The molecule has 0 radical (unpaired) electrons. The van der Waals surface area contributed by atoms with Gasteiger partial charge in [0.05, 0.1) is 4.88 Å². The maximum absolute atomic E-state index is 12.5. The van der Waals surface area contributed by atoms with Crippen LogP contribution in [0, 0.1) is 5.92 Å². The van der Waals surface area contributed by atoms with E-state index in [-0.39, 0.29) is 5.91 Å². The SMILES string of the molecule is NCC1CCN(C(=O)c2cc3c(s2)CCCC3)CC1. The fraction of sp³-hybridized carbons (Fsp3) is 0.667. The van der Waals surface area contributed by atoms with Crippen LogP contribution in [0.1, 0.15) is 45.8 Å². The second kappa shape index (κ2) is 5.63. The van der Waals surface area contributed by atoms with Crippen LogP contribution in [0.2, 0.25) is 0 Å². The second-order valence-corrected chi connectivity index (χ2v) is 6.87. The van der Waals surface area contributed by atoms with Crippen molar-refractivity contribution in [2.24, 2.45) is 11.7 Å². The molecule has 1 saturated heterocycles.